The number of benzene rings is 1. The Kier molecular flexibility index (Phi) is 4.20. The van der Waals surface area contributed by atoms with E-state index in [2.05, 4.69) is 10.2 Å². The monoisotopic (exact) mass is 303 g/mol. The van der Waals surface area contributed by atoms with E-state index in [-0.39, 0.29) is 24.2 Å². The maximum Gasteiger partial charge on any atom is 0.257 e. The zero-order valence-corrected chi connectivity index (χ0v) is 12.1. The highest BCUT2D eigenvalue weighted by molar-refractivity contribution is 5.99. The lowest BCUT2D eigenvalue weighted by Crippen LogP contribution is -2.39. The Morgan fingerprint density at radius 1 is 1.32 bits per heavy atom. The van der Waals surface area contributed by atoms with Crippen molar-refractivity contribution in [1.29, 1.82) is 0 Å². The number of hydrogen-bond acceptors (Lipinski definition) is 3. The van der Waals surface area contributed by atoms with Crippen molar-refractivity contribution in [3.63, 3.8) is 0 Å². The molecule has 2 aromatic rings. The lowest BCUT2D eigenvalue weighted by molar-refractivity contribution is 0.0651. The van der Waals surface area contributed by atoms with Crippen molar-refractivity contribution < 1.29 is 14.3 Å². The first-order valence-corrected chi connectivity index (χ1v) is 7.38. The summed E-state index contributed by atoms with van der Waals surface area (Å²) in [5, 5.41) is 15.9. The highest BCUT2D eigenvalue weighted by Gasteiger charge is 2.25. The molecule has 2 N–H and O–H groups in total. The minimum Gasteiger partial charge on any atom is -0.396 e. The number of aromatic nitrogens is 2. The van der Waals surface area contributed by atoms with Crippen LogP contribution in [-0.2, 0) is 0 Å². The number of nitrogens with one attached hydrogen (secondary N) is 1. The zero-order valence-electron chi connectivity index (χ0n) is 12.1. The first-order valence-electron chi connectivity index (χ1n) is 7.38. The molecule has 0 radical (unpaired) electrons. The number of nitrogens with zero attached hydrogens (tertiary/aromatic N) is 2. The topological polar surface area (TPSA) is 69.2 Å². The highest BCUT2D eigenvalue weighted by Crippen LogP contribution is 2.24. The molecule has 0 bridgehead atoms. The molecule has 0 atom stereocenters. The van der Waals surface area contributed by atoms with Crippen molar-refractivity contribution in [2.75, 3.05) is 19.7 Å². The smallest absolute Gasteiger partial charge is 0.257 e. The number of aromatic amines is 1. The fourth-order valence-electron chi connectivity index (χ4n) is 2.77. The Morgan fingerprint density at radius 2 is 2.00 bits per heavy atom. The van der Waals surface area contributed by atoms with E-state index in [1.807, 2.05) is 0 Å². The molecular formula is C16H18FN3O2. The number of H-pyrrole nitrogens is 1. The van der Waals surface area contributed by atoms with Gasteiger partial charge in [0.25, 0.3) is 5.91 Å². The fraction of sp³-hybridized carbons (Fsp3) is 0.375. The van der Waals surface area contributed by atoms with Gasteiger partial charge in [-0.25, -0.2) is 4.39 Å². The van der Waals surface area contributed by atoms with Crippen LogP contribution in [0.5, 0.6) is 0 Å². The van der Waals surface area contributed by atoms with Gasteiger partial charge in [0.05, 0.1) is 17.5 Å². The molecule has 116 valence electrons. The number of amides is 1. The molecule has 6 heteroatoms. The average molecular weight is 303 g/mol. The molecule has 0 aliphatic carbocycles. The van der Waals surface area contributed by atoms with E-state index in [1.165, 1.54) is 18.3 Å². The van der Waals surface area contributed by atoms with Crippen molar-refractivity contribution in [2.45, 2.75) is 12.8 Å². The molecule has 5 nitrogen and oxygen atoms in total. The average Bonchev–Trinajstić information content (AvgIpc) is 3.04. The molecule has 1 fully saturated rings. The predicted octanol–water partition coefficient (Wildman–Crippen LogP) is 2.06. The van der Waals surface area contributed by atoms with Crippen LogP contribution < -0.4 is 0 Å². The molecule has 1 aromatic carbocycles. The number of aliphatic hydroxyl groups excluding tert-OH is 1. The van der Waals surface area contributed by atoms with E-state index >= 15 is 0 Å². The van der Waals surface area contributed by atoms with Gasteiger partial charge >= 0.3 is 0 Å². The van der Waals surface area contributed by atoms with Crippen LogP contribution in [0.4, 0.5) is 4.39 Å². The number of carbonyl (C=O) groups excluding carboxylic acids is 1. The molecule has 2 heterocycles. The normalized spacial score (nSPS) is 16.0. The van der Waals surface area contributed by atoms with Crippen molar-refractivity contribution in [1.82, 2.24) is 15.1 Å². The van der Waals surface area contributed by atoms with Crippen molar-refractivity contribution in [3.8, 4) is 11.3 Å². The van der Waals surface area contributed by atoms with Gasteiger partial charge in [0, 0.05) is 25.3 Å². The second-order valence-corrected chi connectivity index (χ2v) is 5.58. The lowest BCUT2D eigenvalue weighted by Gasteiger charge is -2.31. The summed E-state index contributed by atoms with van der Waals surface area (Å²) >= 11 is 0. The van der Waals surface area contributed by atoms with E-state index in [0.29, 0.717) is 24.3 Å². The van der Waals surface area contributed by atoms with Crippen molar-refractivity contribution >= 4 is 5.91 Å². The van der Waals surface area contributed by atoms with Gasteiger partial charge < -0.3 is 10.0 Å². The second kappa shape index (κ2) is 6.27. The summed E-state index contributed by atoms with van der Waals surface area (Å²) in [5.74, 6) is -0.114. The number of piperidine rings is 1. The largest absolute Gasteiger partial charge is 0.396 e. The van der Waals surface area contributed by atoms with Crippen molar-refractivity contribution in [3.05, 3.63) is 41.8 Å². The number of aliphatic hydroxyl groups is 1. The van der Waals surface area contributed by atoms with Crippen LogP contribution in [-0.4, -0.2) is 45.8 Å². The van der Waals surface area contributed by atoms with Gasteiger partial charge in [-0.05, 0) is 43.0 Å². The Balaban J connectivity index is 1.80. The predicted molar refractivity (Wildman–Crippen MR) is 79.7 cm³/mol. The molecule has 0 unspecified atom stereocenters. The van der Waals surface area contributed by atoms with Gasteiger partial charge in [0.1, 0.15) is 5.82 Å². The summed E-state index contributed by atoms with van der Waals surface area (Å²) in [5.41, 5.74) is 1.83. The highest BCUT2D eigenvalue weighted by atomic mass is 19.1. The van der Waals surface area contributed by atoms with Crippen LogP contribution in [0.25, 0.3) is 11.3 Å². The molecule has 1 amide bonds. The van der Waals surface area contributed by atoms with E-state index in [9.17, 15) is 9.18 Å². The molecule has 0 spiro atoms. The molecule has 1 aliphatic heterocycles. The van der Waals surface area contributed by atoms with E-state index in [4.69, 9.17) is 5.11 Å². The molecule has 1 aliphatic rings. The molecule has 1 aromatic heterocycles. The molecular weight excluding hydrogens is 285 g/mol. The molecule has 0 saturated carbocycles. The van der Waals surface area contributed by atoms with E-state index < -0.39 is 0 Å². The summed E-state index contributed by atoms with van der Waals surface area (Å²) in [4.78, 5) is 14.4. The minimum absolute atomic E-state index is 0.0792. The van der Waals surface area contributed by atoms with Gasteiger partial charge in [-0.2, -0.15) is 5.10 Å². The first kappa shape index (κ1) is 14.7. The molecule has 3 rings (SSSR count). The summed E-state index contributed by atoms with van der Waals surface area (Å²) in [6.45, 7) is 1.45. The van der Waals surface area contributed by atoms with Gasteiger partial charge in [0.15, 0.2) is 0 Å². The van der Waals surface area contributed by atoms with Gasteiger partial charge in [-0.15, -0.1) is 0 Å². The summed E-state index contributed by atoms with van der Waals surface area (Å²) in [6.07, 6.45) is 3.14. The fourth-order valence-corrected chi connectivity index (χ4v) is 2.77. The standard InChI is InChI=1S/C16H18FN3O2/c17-13-3-1-12(2-4-13)15-14(9-18-19-15)16(22)20-7-5-11(10-21)6-8-20/h1-4,9,11,21H,5-8,10H2,(H,18,19). The van der Waals surface area contributed by atoms with Crippen LogP contribution in [0.15, 0.2) is 30.5 Å². The number of hydrogen-bond donors (Lipinski definition) is 2. The maximum atomic E-state index is 13.0. The third kappa shape index (κ3) is 2.87. The van der Waals surface area contributed by atoms with Crippen LogP contribution in [0.1, 0.15) is 23.2 Å². The van der Waals surface area contributed by atoms with E-state index in [1.54, 1.807) is 17.0 Å². The third-order valence-electron chi connectivity index (χ3n) is 4.16. The Bertz CT molecular complexity index is 646. The maximum absolute atomic E-state index is 13.0. The van der Waals surface area contributed by atoms with Gasteiger partial charge in [-0.3, -0.25) is 9.89 Å². The van der Waals surface area contributed by atoms with Crippen LogP contribution in [0, 0.1) is 11.7 Å². The van der Waals surface area contributed by atoms with Crippen LogP contribution in [0.3, 0.4) is 0 Å². The first-order chi connectivity index (χ1) is 10.7. The Hall–Kier alpha value is -2.21. The zero-order chi connectivity index (χ0) is 15.5. The third-order valence-corrected chi connectivity index (χ3v) is 4.16. The van der Waals surface area contributed by atoms with Gasteiger partial charge in [0.2, 0.25) is 0 Å². The van der Waals surface area contributed by atoms with E-state index in [0.717, 1.165) is 18.4 Å². The summed E-state index contributed by atoms with van der Waals surface area (Å²) < 4.78 is 13.0. The Morgan fingerprint density at radius 3 is 2.64 bits per heavy atom. The minimum atomic E-state index is -0.317. The quantitative estimate of drug-likeness (QED) is 0.912. The van der Waals surface area contributed by atoms with Crippen molar-refractivity contribution in [2.24, 2.45) is 5.92 Å². The number of carbonyl (C=O) groups is 1. The van der Waals surface area contributed by atoms with Gasteiger partial charge in [-0.1, -0.05) is 0 Å². The number of halogens is 1. The molecule has 1 saturated heterocycles. The number of rotatable bonds is 3. The summed E-state index contributed by atoms with van der Waals surface area (Å²) in [7, 11) is 0. The second-order valence-electron chi connectivity index (χ2n) is 5.58. The summed E-state index contributed by atoms with van der Waals surface area (Å²) in [6, 6.07) is 5.96. The lowest BCUT2D eigenvalue weighted by atomic mass is 9.97. The Labute approximate surface area is 127 Å². The van der Waals surface area contributed by atoms with Crippen LogP contribution >= 0.6 is 0 Å². The SMILES string of the molecule is O=C(c1cn[nH]c1-c1ccc(F)cc1)N1CCC(CO)CC1. The number of likely N-dealkylation sites (tertiary alicyclic amines) is 1. The van der Waals surface area contributed by atoms with Crippen LogP contribution in [0.2, 0.25) is 0 Å². The molecule has 22 heavy (non-hydrogen) atoms.